The number of hydrogen-bond acceptors (Lipinski definition) is 4. The van der Waals surface area contributed by atoms with Crippen molar-refractivity contribution >= 4 is 0 Å². The molecule has 0 spiro atoms. The molecule has 18 heavy (non-hydrogen) atoms. The maximum atomic E-state index is 5.52. The Morgan fingerprint density at radius 1 is 1.28 bits per heavy atom. The molecule has 4 heteroatoms. The Bertz CT molecular complexity index is 422. The van der Waals surface area contributed by atoms with E-state index < -0.39 is 0 Å². The molecule has 100 valence electrons. The van der Waals surface area contributed by atoms with Crippen molar-refractivity contribution in [3.05, 3.63) is 23.8 Å². The van der Waals surface area contributed by atoms with E-state index in [2.05, 4.69) is 30.3 Å². The van der Waals surface area contributed by atoms with Crippen LogP contribution in [0.4, 0.5) is 0 Å². The second kappa shape index (κ2) is 5.16. The van der Waals surface area contributed by atoms with E-state index >= 15 is 0 Å². The maximum absolute atomic E-state index is 5.52. The third-order valence-corrected chi connectivity index (χ3v) is 3.92. The lowest BCUT2D eigenvalue weighted by Crippen LogP contribution is -2.55. The van der Waals surface area contributed by atoms with Gasteiger partial charge in [0.15, 0.2) is 0 Å². The average molecular weight is 250 g/mol. The monoisotopic (exact) mass is 250 g/mol. The van der Waals surface area contributed by atoms with E-state index in [1.165, 1.54) is 5.56 Å². The first-order valence-electron chi connectivity index (χ1n) is 6.26. The number of nitrogens with one attached hydrogen (secondary N) is 1. The highest BCUT2D eigenvalue weighted by atomic mass is 16.5. The Hall–Kier alpha value is -1.26. The van der Waals surface area contributed by atoms with Crippen LogP contribution in [0.1, 0.15) is 12.5 Å². The summed E-state index contributed by atoms with van der Waals surface area (Å²) in [5.74, 6) is 1.71. The first-order chi connectivity index (χ1) is 8.61. The third kappa shape index (κ3) is 2.18. The normalized spacial score (nSPS) is 24.9. The van der Waals surface area contributed by atoms with E-state index in [-0.39, 0.29) is 5.54 Å². The molecule has 1 fully saturated rings. The van der Waals surface area contributed by atoms with Crippen LogP contribution in [0.25, 0.3) is 0 Å². The van der Waals surface area contributed by atoms with E-state index in [4.69, 9.17) is 9.47 Å². The van der Waals surface area contributed by atoms with Crippen molar-refractivity contribution in [3.8, 4) is 11.5 Å². The second-order valence-electron chi connectivity index (χ2n) is 4.94. The number of hydrogen-bond donors (Lipinski definition) is 1. The van der Waals surface area contributed by atoms with Gasteiger partial charge < -0.3 is 14.8 Å². The van der Waals surface area contributed by atoms with Crippen LogP contribution in [-0.2, 0) is 5.54 Å². The van der Waals surface area contributed by atoms with Crippen molar-refractivity contribution in [2.75, 3.05) is 40.9 Å². The van der Waals surface area contributed by atoms with Gasteiger partial charge in [-0.15, -0.1) is 0 Å². The van der Waals surface area contributed by atoms with Crippen LogP contribution >= 0.6 is 0 Å². The summed E-state index contributed by atoms with van der Waals surface area (Å²) in [5.41, 5.74) is 1.15. The van der Waals surface area contributed by atoms with Crippen molar-refractivity contribution in [2.24, 2.45) is 0 Å². The van der Waals surface area contributed by atoms with Crippen LogP contribution in [0, 0.1) is 0 Å². The average Bonchev–Trinajstić information content (AvgIpc) is 2.41. The van der Waals surface area contributed by atoms with Crippen molar-refractivity contribution in [2.45, 2.75) is 12.5 Å². The summed E-state index contributed by atoms with van der Waals surface area (Å²) < 4.78 is 10.8. The smallest absolute Gasteiger partial charge is 0.127 e. The SMILES string of the molecule is COc1ccc(C2(C)CNCCN2C)c(OC)c1. The summed E-state index contributed by atoms with van der Waals surface area (Å²) in [6.45, 7) is 5.23. The van der Waals surface area contributed by atoms with Gasteiger partial charge in [0.05, 0.1) is 19.8 Å². The van der Waals surface area contributed by atoms with Crippen molar-refractivity contribution in [1.29, 1.82) is 0 Å². The zero-order chi connectivity index (χ0) is 13.2. The largest absolute Gasteiger partial charge is 0.497 e. The van der Waals surface area contributed by atoms with E-state index in [0.29, 0.717) is 0 Å². The molecule has 1 N–H and O–H groups in total. The molecule has 0 radical (unpaired) electrons. The highest BCUT2D eigenvalue weighted by Gasteiger charge is 2.35. The molecule has 1 atom stereocenters. The lowest BCUT2D eigenvalue weighted by atomic mass is 9.88. The fourth-order valence-corrected chi connectivity index (χ4v) is 2.50. The predicted molar refractivity (Wildman–Crippen MR) is 72.4 cm³/mol. The Morgan fingerprint density at radius 2 is 2.06 bits per heavy atom. The van der Waals surface area contributed by atoms with Gasteiger partial charge in [0, 0.05) is 31.3 Å². The van der Waals surface area contributed by atoms with Gasteiger partial charge >= 0.3 is 0 Å². The molecule has 2 rings (SSSR count). The highest BCUT2D eigenvalue weighted by Crippen LogP contribution is 2.36. The molecule has 0 amide bonds. The van der Waals surface area contributed by atoms with Crippen LogP contribution in [0.5, 0.6) is 11.5 Å². The first-order valence-corrected chi connectivity index (χ1v) is 6.26. The van der Waals surface area contributed by atoms with Gasteiger partial charge in [-0.05, 0) is 26.1 Å². The number of ether oxygens (including phenoxy) is 2. The topological polar surface area (TPSA) is 33.7 Å². The van der Waals surface area contributed by atoms with Crippen molar-refractivity contribution < 1.29 is 9.47 Å². The van der Waals surface area contributed by atoms with Gasteiger partial charge in [-0.25, -0.2) is 0 Å². The maximum Gasteiger partial charge on any atom is 0.127 e. The van der Waals surface area contributed by atoms with E-state index in [1.807, 2.05) is 12.1 Å². The van der Waals surface area contributed by atoms with Crippen LogP contribution in [0.15, 0.2) is 18.2 Å². The molecule has 0 saturated carbocycles. The molecule has 1 aromatic rings. The Morgan fingerprint density at radius 3 is 2.67 bits per heavy atom. The summed E-state index contributed by atoms with van der Waals surface area (Å²) in [7, 11) is 5.53. The fraction of sp³-hybridized carbons (Fsp3) is 0.571. The summed E-state index contributed by atoms with van der Waals surface area (Å²) >= 11 is 0. The van der Waals surface area contributed by atoms with Crippen LogP contribution < -0.4 is 14.8 Å². The molecule has 0 bridgehead atoms. The summed E-state index contributed by atoms with van der Waals surface area (Å²) in [5, 5.41) is 3.46. The van der Waals surface area contributed by atoms with Gasteiger partial charge in [0.1, 0.15) is 11.5 Å². The summed E-state index contributed by atoms with van der Waals surface area (Å²) in [6.07, 6.45) is 0. The van der Waals surface area contributed by atoms with Gasteiger partial charge in [0.2, 0.25) is 0 Å². The first kappa shape index (κ1) is 13.2. The Labute approximate surface area is 109 Å². The number of benzene rings is 1. The zero-order valence-electron chi connectivity index (χ0n) is 11.6. The molecule has 1 aromatic carbocycles. The quantitative estimate of drug-likeness (QED) is 0.880. The van der Waals surface area contributed by atoms with E-state index in [9.17, 15) is 0 Å². The van der Waals surface area contributed by atoms with Crippen LogP contribution in [0.3, 0.4) is 0 Å². The van der Waals surface area contributed by atoms with Crippen LogP contribution in [0.2, 0.25) is 0 Å². The highest BCUT2D eigenvalue weighted by molar-refractivity contribution is 5.45. The minimum Gasteiger partial charge on any atom is -0.497 e. The number of rotatable bonds is 3. The standard InChI is InChI=1S/C14H22N2O2/c1-14(10-15-7-8-16(14)2)12-6-5-11(17-3)9-13(12)18-4/h5-6,9,15H,7-8,10H2,1-4H3. The van der Waals surface area contributed by atoms with Gasteiger partial charge in [-0.1, -0.05) is 0 Å². The molecule has 0 aliphatic carbocycles. The Kier molecular flexibility index (Phi) is 3.78. The van der Waals surface area contributed by atoms with E-state index in [0.717, 1.165) is 31.1 Å². The molecule has 1 heterocycles. The number of methoxy groups -OCH3 is 2. The van der Waals surface area contributed by atoms with Crippen molar-refractivity contribution in [3.63, 3.8) is 0 Å². The molecular formula is C14H22N2O2. The Balaban J connectivity index is 2.42. The minimum absolute atomic E-state index is 0.0458. The van der Waals surface area contributed by atoms with Gasteiger partial charge in [0.25, 0.3) is 0 Å². The second-order valence-corrected chi connectivity index (χ2v) is 4.94. The molecule has 1 aliphatic heterocycles. The number of likely N-dealkylation sites (N-methyl/N-ethyl adjacent to an activating group) is 1. The molecule has 1 saturated heterocycles. The zero-order valence-corrected chi connectivity index (χ0v) is 11.6. The minimum atomic E-state index is -0.0458. The van der Waals surface area contributed by atoms with Crippen LogP contribution in [-0.4, -0.2) is 45.8 Å². The van der Waals surface area contributed by atoms with Gasteiger partial charge in [-0.3, -0.25) is 4.90 Å². The number of piperazine rings is 1. The molecular weight excluding hydrogens is 228 g/mol. The lowest BCUT2D eigenvalue weighted by molar-refractivity contribution is 0.101. The lowest BCUT2D eigenvalue weighted by Gasteiger charge is -2.44. The molecule has 1 unspecified atom stereocenters. The molecule has 0 aromatic heterocycles. The molecule has 4 nitrogen and oxygen atoms in total. The summed E-state index contributed by atoms with van der Waals surface area (Å²) in [4.78, 5) is 2.37. The summed E-state index contributed by atoms with van der Waals surface area (Å²) in [6, 6.07) is 6.04. The van der Waals surface area contributed by atoms with Gasteiger partial charge in [-0.2, -0.15) is 0 Å². The third-order valence-electron chi connectivity index (χ3n) is 3.92. The van der Waals surface area contributed by atoms with E-state index in [1.54, 1.807) is 14.2 Å². The number of nitrogens with zero attached hydrogens (tertiary/aromatic N) is 1. The fourth-order valence-electron chi connectivity index (χ4n) is 2.50. The predicted octanol–water partition coefficient (Wildman–Crippen LogP) is 1.45. The molecule has 1 aliphatic rings. The van der Waals surface area contributed by atoms with Crippen molar-refractivity contribution in [1.82, 2.24) is 10.2 Å².